The highest BCUT2D eigenvalue weighted by Crippen LogP contribution is 2.28. The summed E-state index contributed by atoms with van der Waals surface area (Å²) in [6.45, 7) is 6.55. The van der Waals surface area contributed by atoms with Gasteiger partial charge in [-0.05, 0) is 50.5 Å². The molecule has 0 heterocycles. The number of aryl methyl sites for hydroxylation is 1. The Balaban J connectivity index is 1.55. The number of nitrogens with zero attached hydrogens (tertiary/aromatic N) is 1. The quantitative estimate of drug-likeness (QED) is 0.375. The van der Waals surface area contributed by atoms with E-state index in [1.165, 1.54) is 18.4 Å². The summed E-state index contributed by atoms with van der Waals surface area (Å²) in [5.74, 6) is 1.77. The van der Waals surface area contributed by atoms with Gasteiger partial charge in [-0.1, -0.05) is 30.3 Å². The van der Waals surface area contributed by atoms with Gasteiger partial charge in [0.1, 0.15) is 0 Å². The lowest BCUT2D eigenvalue weighted by molar-refractivity contribution is 0.123. The predicted molar refractivity (Wildman–Crippen MR) is 96.9 cm³/mol. The Morgan fingerprint density at radius 3 is 2.74 bits per heavy atom. The second-order valence-corrected chi connectivity index (χ2v) is 6.15. The van der Waals surface area contributed by atoms with E-state index in [4.69, 9.17) is 4.74 Å². The number of aliphatic imine (C=N–C) groups is 1. The van der Waals surface area contributed by atoms with E-state index in [9.17, 15) is 0 Å². The summed E-state index contributed by atoms with van der Waals surface area (Å²) in [5, 5.41) is 6.68. The van der Waals surface area contributed by atoms with Gasteiger partial charge < -0.3 is 15.4 Å². The summed E-state index contributed by atoms with van der Waals surface area (Å²) < 4.78 is 5.65. The Kier molecular flexibility index (Phi) is 8.56. The number of ether oxygens (including phenoxy) is 1. The average Bonchev–Trinajstić information content (AvgIpc) is 3.40. The van der Waals surface area contributed by atoms with Crippen molar-refractivity contribution >= 4 is 5.96 Å². The summed E-state index contributed by atoms with van der Waals surface area (Å²) in [4.78, 5) is 4.64. The van der Waals surface area contributed by atoms with Crippen molar-refractivity contribution < 1.29 is 4.74 Å². The van der Waals surface area contributed by atoms with Crippen molar-refractivity contribution in [1.82, 2.24) is 10.6 Å². The van der Waals surface area contributed by atoms with Crippen molar-refractivity contribution in [3.63, 3.8) is 0 Å². The molecule has 0 aliphatic heterocycles. The molecule has 1 saturated carbocycles. The van der Waals surface area contributed by atoms with Crippen molar-refractivity contribution in [2.75, 3.05) is 32.8 Å². The van der Waals surface area contributed by atoms with Gasteiger partial charge >= 0.3 is 0 Å². The molecule has 0 radical (unpaired) electrons. The van der Waals surface area contributed by atoms with Gasteiger partial charge in [-0.2, -0.15) is 0 Å². The first kappa shape index (κ1) is 17.8. The maximum atomic E-state index is 5.65. The molecule has 0 unspecified atom stereocenters. The third-order valence-corrected chi connectivity index (χ3v) is 3.89. The number of benzene rings is 1. The molecular formula is C19H31N3O. The fraction of sp³-hybridized carbons (Fsp3) is 0.632. The second kappa shape index (κ2) is 11.1. The molecule has 1 aliphatic carbocycles. The molecule has 0 spiro atoms. The van der Waals surface area contributed by atoms with E-state index < -0.39 is 0 Å². The van der Waals surface area contributed by atoms with Crippen LogP contribution in [0.1, 0.15) is 38.2 Å². The minimum absolute atomic E-state index is 0.844. The van der Waals surface area contributed by atoms with E-state index in [0.717, 1.165) is 64.0 Å². The van der Waals surface area contributed by atoms with Crippen molar-refractivity contribution in [3.05, 3.63) is 35.9 Å². The van der Waals surface area contributed by atoms with Crippen LogP contribution in [0.25, 0.3) is 0 Å². The summed E-state index contributed by atoms with van der Waals surface area (Å²) in [6, 6.07) is 10.6. The highest BCUT2D eigenvalue weighted by molar-refractivity contribution is 5.79. The summed E-state index contributed by atoms with van der Waals surface area (Å²) in [6.07, 6.45) is 5.90. The van der Waals surface area contributed by atoms with E-state index in [-0.39, 0.29) is 0 Å². The molecule has 2 rings (SSSR count). The lowest BCUT2D eigenvalue weighted by atomic mass is 10.1. The number of hydrogen-bond acceptors (Lipinski definition) is 2. The lowest BCUT2D eigenvalue weighted by Gasteiger charge is -2.11. The van der Waals surface area contributed by atoms with Gasteiger partial charge in [-0.15, -0.1) is 0 Å². The SMILES string of the molecule is CCNC(=NCCCc1ccccc1)NCCCOCC1CC1. The molecule has 1 fully saturated rings. The standard InChI is InChI=1S/C19H31N3O/c1-2-20-19(22-14-7-15-23-16-18-11-12-18)21-13-6-10-17-8-4-3-5-9-17/h3-5,8-9,18H,2,6-7,10-16H2,1H3,(H2,20,21,22). The van der Waals surface area contributed by atoms with Crippen LogP contribution in [0.4, 0.5) is 0 Å². The lowest BCUT2D eigenvalue weighted by Crippen LogP contribution is -2.38. The molecule has 1 aliphatic rings. The van der Waals surface area contributed by atoms with Crippen LogP contribution in [0.3, 0.4) is 0 Å². The van der Waals surface area contributed by atoms with Crippen LogP contribution in [0.2, 0.25) is 0 Å². The summed E-state index contributed by atoms with van der Waals surface area (Å²) in [7, 11) is 0. The van der Waals surface area contributed by atoms with Crippen LogP contribution in [0.5, 0.6) is 0 Å². The van der Waals surface area contributed by atoms with Gasteiger partial charge in [-0.25, -0.2) is 0 Å². The fourth-order valence-electron chi connectivity index (χ4n) is 2.38. The van der Waals surface area contributed by atoms with Gasteiger partial charge in [0.2, 0.25) is 0 Å². The van der Waals surface area contributed by atoms with Gasteiger partial charge in [0.05, 0.1) is 0 Å². The monoisotopic (exact) mass is 317 g/mol. The average molecular weight is 317 g/mol. The Labute approximate surface area is 140 Å². The third kappa shape index (κ3) is 8.60. The topological polar surface area (TPSA) is 45.7 Å². The Hall–Kier alpha value is -1.55. The molecule has 0 bridgehead atoms. The molecule has 4 nitrogen and oxygen atoms in total. The molecule has 4 heteroatoms. The third-order valence-electron chi connectivity index (χ3n) is 3.89. The largest absolute Gasteiger partial charge is 0.381 e. The van der Waals surface area contributed by atoms with E-state index in [0.29, 0.717) is 0 Å². The van der Waals surface area contributed by atoms with Crippen molar-refractivity contribution in [1.29, 1.82) is 0 Å². The van der Waals surface area contributed by atoms with Gasteiger partial charge in [0.25, 0.3) is 0 Å². The van der Waals surface area contributed by atoms with E-state index >= 15 is 0 Å². The zero-order valence-electron chi connectivity index (χ0n) is 14.4. The maximum Gasteiger partial charge on any atom is 0.191 e. The highest BCUT2D eigenvalue weighted by atomic mass is 16.5. The predicted octanol–water partition coefficient (Wildman–Crippen LogP) is 2.99. The number of guanidine groups is 1. The molecule has 0 amide bonds. The molecule has 0 aromatic heterocycles. The first-order valence-electron chi connectivity index (χ1n) is 9.02. The van der Waals surface area contributed by atoms with Crippen LogP contribution in [0, 0.1) is 5.92 Å². The van der Waals surface area contributed by atoms with Crippen LogP contribution < -0.4 is 10.6 Å². The maximum absolute atomic E-state index is 5.65. The van der Waals surface area contributed by atoms with Crippen molar-refractivity contribution in [2.24, 2.45) is 10.9 Å². The molecule has 23 heavy (non-hydrogen) atoms. The first-order chi connectivity index (χ1) is 11.4. The van der Waals surface area contributed by atoms with E-state index in [1.54, 1.807) is 0 Å². The number of rotatable bonds is 11. The van der Waals surface area contributed by atoms with Crippen molar-refractivity contribution in [3.8, 4) is 0 Å². The highest BCUT2D eigenvalue weighted by Gasteiger charge is 2.20. The normalized spacial score (nSPS) is 14.7. The molecule has 128 valence electrons. The number of nitrogens with one attached hydrogen (secondary N) is 2. The zero-order valence-corrected chi connectivity index (χ0v) is 14.4. The first-order valence-corrected chi connectivity index (χ1v) is 9.02. The molecule has 1 aromatic carbocycles. The van der Waals surface area contributed by atoms with Gasteiger partial charge in [-0.3, -0.25) is 4.99 Å². The summed E-state index contributed by atoms with van der Waals surface area (Å²) >= 11 is 0. The molecule has 0 atom stereocenters. The Morgan fingerprint density at radius 2 is 2.00 bits per heavy atom. The fourth-order valence-corrected chi connectivity index (χ4v) is 2.38. The molecule has 2 N–H and O–H groups in total. The smallest absolute Gasteiger partial charge is 0.191 e. The molecule has 1 aromatic rings. The minimum Gasteiger partial charge on any atom is -0.381 e. The molecule has 0 saturated heterocycles. The van der Waals surface area contributed by atoms with Crippen molar-refractivity contribution in [2.45, 2.75) is 39.0 Å². The van der Waals surface area contributed by atoms with E-state index in [2.05, 4.69) is 52.9 Å². The van der Waals surface area contributed by atoms with Crippen LogP contribution in [-0.4, -0.2) is 38.8 Å². The van der Waals surface area contributed by atoms with Gasteiger partial charge in [0.15, 0.2) is 5.96 Å². The minimum atomic E-state index is 0.844. The second-order valence-electron chi connectivity index (χ2n) is 6.15. The van der Waals surface area contributed by atoms with Crippen LogP contribution in [-0.2, 0) is 11.2 Å². The Bertz CT molecular complexity index is 443. The molecular weight excluding hydrogens is 286 g/mol. The van der Waals surface area contributed by atoms with E-state index in [1.807, 2.05) is 0 Å². The van der Waals surface area contributed by atoms with Gasteiger partial charge in [0, 0.05) is 32.8 Å². The summed E-state index contributed by atoms with van der Waals surface area (Å²) in [5.41, 5.74) is 1.38. The Morgan fingerprint density at radius 1 is 1.17 bits per heavy atom. The van der Waals surface area contributed by atoms with Crippen LogP contribution in [0.15, 0.2) is 35.3 Å². The number of hydrogen-bond donors (Lipinski definition) is 2. The van der Waals surface area contributed by atoms with Crippen LogP contribution >= 0.6 is 0 Å². The zero-order chi connectivity index (χ0) is 16.2.